The molecule has 1 atom stereocenters. The molecule has 0 aliphatic carbocycles. The van der Waals surface area contributed by atoms with Crippen LogP contribution in [-0.2, 0) is 11.2 Å². The van der Waals surface area contributed by atoms with Gasteiger partial charge in [0.2, 0.25) is 0 Å². The number of aromatic hydroxyl groups is 1. The van der Waals surface area contributed by atoms with Crippen LogP contribution in [0, 0.1) is 5.82 Å². The third-order valence-corrected chi connectivity index (χ3v) is 2.08. The van der Waals surface area contributed by atoms with Gasteiger partial charge in [-0.2, -0.15) is 0 Å². The lowest BCUT2D eigenvalue weighted by Gasteiger charge is -2.19. The quantitative estimate of drug-likeness (QED) is 0.695. The monoisotopic (exact) mass is 213 g/mol. The molecular formula is C10H12FNO3. The van der Waals surface area contributed by atoms with E-state index in [-0.39, 0.29) is 17.7 Å². The van der Waals surface area contributed by atoms with Crippen molar-refractivity contribution in [1.29, 1.82) is 0 Å². The zero-order chi connectivity index (χ0) is 11.6. The number of rotatable bonds is 3. The minimum atomic E-state index is -1.52. The largest absolute Gasteiger partial charge is 0.508 e. The number of nitrogens with two attached hydrogens (primary N) is 1. The van der Waals surface area contributed by atoms with Crippen molar-refractivity contribution in [1.82, 2.24) is 0 Å². The number of benzene rings is 1. The molecule has 0 saturated heterocycles. The number of phenolic OH excluding ortho intramolecular Hbond substituents is 1. The van der Waals surface area contributed by atoms with Gasteiger partial charge in [0.05, 0.1) is 0 Å². The lowest BCUT2D eigenvalue weighted by Crippen LogP contribution is -2.47. The van der Waals surface area contributed by atoms with Crippen LogP contribution in [0.5, 0.6) is 5.75 Å². The minimum Gasteiger partial charge on any atom is -0.508 e. The van der Waals surface area contributed by atoms with E-state index in [2.05, 4.69) is 0 Å². The van der Waals surface area contributed by atoms with Gasteiger partial charge in [-0.1, -0.05) is 6.07 Å². The van der Waals surface area contributed by atoms with Crippen molar-refractivity contribution in [2.24, 2.45) is 5.73 Å². The molecule has 0 aliphatic heterocycles. The molecule has 1 aromatic rings. The number of carboxylic acid groups (broad SMARTS) is 1. The van der Waals surface area contributed by atoms with Crippen LogP contribution in [0.15, 0.2) is 18.2 Å². The molecule has 0 fully saturated rings. The fourth-order valence-corrected chi connectivity index (χ4v) is 1.15. The van der Waals surface area contributed by atoms with Crippen LogP contribution in [0.4, 0.5) is 4.39 Å². The van der Waals surface area contributed by atoms with Crippen molar-refractivity contribution >= 4 is 5.97 Å². The molecule has 1 aromatic carbocycles. The molecule has 4 nitrogen and oxygen atoms in total. The molecule has 4 N–H and O–H groups in total. The van der Waals surface area contributed by atoms with Gasteiger partial charge in [0.1, 0.15) is 17.1 Å². The van der Waals surface area contributed by atoms with Gasteiger partial charge < -0.3 is 15.9 Å². The Hall–Kier alpha value is -1.62. The summed E-state index contributed by atoms with van der Waals surface area (Å²) >= 11 is 0. The van der Waals surface area contributed by atoms with E-state index in [1.807, 2.05) is 0 Å². The Morgan fingerprint density at radius 2 is 2.20 bits per heavy atom. The molecule has 0 spiro atoms. The fraction of sp³-hybridized carbons (Fsp3) is 0.300. The molecule has 0 saturated carbocycles. The number of carboxylic acids is 1. The number of aliphatic carboxylic acids is 1. The molecule has 1 unspecified atom stereocenters. The zero-order valence-electron chi connectivity index (χ0n) is 8.20. The summed E-state index contributed by atoms with van der Waals surface area (Å²) in [6.45, 7) is 1.31. The predicted octanol–water partition coefficient (Wildman–Crippen LogP) is 0.876. The number of halogens is 1. The Bertz CT molecular complexity index is 390. The molecule has 5 heteroatoms. The highest BCUT2D eigenvalue weighted by Crippen LogP contribution is 2.19. The fourth-order valence-electron chi connectivity index (χ4n) is 1.15. The Morgan fingerprint density at radius 3 is 2.67 bits per heavy atom. The van der Waals surface area contributed by atoms with E-state index in [1.165, 1.54) is 19.1 Å². The zero-order valence-corrected chi connectivity index (χ0v) is 8.20. The van der Waals surface area contributed by atoms with E-state index in [4.69, 9.17) is 15.9 Å². The molecule has 0 aliphatic rings. The topological polar surface area (TPSA) is 83.5 Å². The maximum atomic E-state index is 13.2. The van der Waals surface area contributed by atoms with Crippen molar-refractivity contribution in [2.75, 3.05) is 0 Å². The van der Waals surface area contributed by atoms with Gasteiger partial charge in [0.15, 0.2) is 0 Å². The highest BCUT2D eigenvalue weighted by molar-refractivity contribution is 5.78. The average molecular weight is 213 g/mol. The summed E-state index contributed by atoms with van der Waals surface area (Å²) in [4.78, 5) is 10.7. The van der Waals surface area contributed by atoms with Gasteiger partial charge in [-0.25, -0.2) is 4.39 Å². The van der Waals surface area contributed by atoms with Crippen molar-refractivity contribution in [2.45, 2.75) is 18.9 Å². The second-order valence-corrected chi connectivity index (χ2v) is 3.68. The average Bonchev–Trinajstić information content (AvgIpc) is 2.09. The van der Waals surface area contributed by atoms with E-state index in [0.29, 0.717) is 0 Å². The molecule has 0 radical (unpaired) electrons. The number of carbonyl (C=O) groups is 1. The molecule has 0 bridgehead atoms. The summed E-state index contributed by atoms with van der Waals surface area (Å²) in [5, 5.41) is 17.7. The SMILES string of the molecule is CC(N)(Cc1ccc(O)cc1F)C(=O)O. The second-order valence-electron chi connectivity index (χ2n) is 3.68. The highest BCUT2D eigenvalue weighted by atomic mass is 19.1. The smallest absolute Gasteiger partial charge is 0.323 e. The first-order chi connectivity index (χ1) is 6.83. The Kier molecular flexibility index (Phi) is 2.95. The van der Waals surface area contributed by atoms with E-state index in [9.17, 15) is 9.18 Å². The van der Waals surface area contributed by atoms with Gasteiger partial charge in [0.25, 0.3) is 0 Å². The number of phenols is 1. The molecule has 0 heterocycles. The van der Waals surface area contributed by atoms with Gasteiger partial charge >= 0.3 is 5.97 Å². The molecule has 15 heavy (non-hydrogen) atoms. The first kappa shape index (κ1) is 11.5. The summed E-state index contributed by atoms with van der Waals surface area (Å²) in [5.74, 6) is -2.06. The van der Waals surface area contributed by atoms with Crippen LogP contribution in [-0.4, -0.2) is 21.7 Å². The maximum Gasteiger partial charge on any atom is 0.323 e. The van der Waals surface area contributed by atoms with Crippen molar-refractivity contribution in [3.63, 3.8) is 0 Å². The minimum absolute atomic E-state index is 0.131. The first-order valence-electron chi connectivity index (χ1n) is 4.32. The lowest BCUT2D eigenvalue weighted by atomic mass is 9.94. The summed E-state index contributed by atoms with van der Waals surface area (Å²) in [7, 11) is 0. The van der Waals surface area contributed by atoms with Gasteiger partial charge in [-0.05, 0) is 18.6 Å². The van der Waals surface area contributed by atoms with Gasteiger partial charge in [0, 0.05) is 12.5 Å². The normalized spacial score (nSPS) is 14.6. The van der Waals surface area contributed by atoms with Gasteiger partial charge in [-0.3, -0.25) is 4.79 Å². The van der Waals surface area contributed by atoms with E-state index in [1.54, 1.807) is 0 Å². The van der Waals surface area contributed by atoms with E-state index < -0.39 is 17.3 Å². The first-order valence-corrected chi connectivity index (χ1v) is 4.32. The summed E-state index contributed by atoms with van der Waals surface area (Å²) in [6.07, 6.45) is -0.131. The second kappa shape index (κ2) is 3.86. The predicted molar refractivity (Wildman–Crippen MR) is 52.0 cm³/mol. The maximum absolute atomic E-state index is 13.2. The molecule has 1 rings (SSSR count). The van der Waals surface area contributed by atoms with Crippen LogP contribution in [0.2, 0.25) is 0 Å². The molecule has 0 aromatic heterocycles. The van der Waals surface area contributed by atoms with E-state index in [0.717, 1.165) is 6.07 Å². The standard InChI is InChI=1S/C10H12FNO3/c1-10(12,9(14)15)5-6-2-3-7(13)4-8(6)11/h2-4,13H,5,12H2,1H3,(H,14,15). The van der Waals surface area contributed by atoms with Gasteiger partial charge in [-0.15, -0.1) is 0 Å². The number of hydrogen-bond acceptors (Lipinski definition) is 3. The Morgan fingerprint density at radius 1 is 1.60 bits per heavy atom. The lowest BCUT2D eigenvalue weighted by molar-refractivity contribution is -0.142. The van der Waals surface area contributed by atoms with Crippen LogP contribution in [0.3, 0.4) is 0 Å². The summed E-state index contributed by atoms with van der Waals surface area (Å²) in [5.41, 5.74) is 4.12. The van der Waals surface area contributed by atoms with Crippen molar-refractivity contribution in [3.05, 3.63) is 29.6 Å². The Balaban J connectivity index is 2.95. The summed E-state index contributed by atoms with van der Waals surface area (Å²) < 4.78 is 13.2. The van der Waals surface area contributed by atoms with Crippen molar-refractivity contribution < 1.29 is 19.4 Å². The third-order valence-electron chi connectivity index (χ3n) is 2.08. The van der Waals surface area contributed by atoms with Crippen molar-refractivity contribution in [3.8, 4) is 5.75 Å². The van der Waals surface area contributed by atoms with Crippen LogP contribution < -0.4 is 5.73 Å². The molecular weight excluding hydrogens is 201 g/mol. The van der Waals surface area contributed by atoms with Crippen LogP contribution >= 0.6 is 0 Å². The van der Waals surface area contributed by atoms with Crippen LogP contribution in [0.1, 0.15) is 12.5 Å². The van der Waals surface area contributed by atoms with E-state index >= 15 is 0 Å². The molecule has 0 amide bonds. The third kappa shape index (κ3) is 2.66. The highest BCUT2D eigenvalue weighted by Gasteiger charge is 2.29. The number of hydrogen-bond donors (Lipinski definition) is 3. The Labute approximate surface area is 86.1 Å². The molecule has 82 valence electrons. The van der Waals surface area contributed by atoms with Crippen LogP contribution in [0.25, 0.3) is 0 Å². The summed E-state index contributed by atoms with van der Waals surface area (Å²) in [6, 6.07) is 3.53.